The first-order valence-corrected chi connectivity index (χ1v) is 5.57. The molecule has 0 aliphatic heterocycles. The lowest BCUT2D eigenvalue weighted by atomic mass is 10.1. The van der Waals surface area contributed by atoms with Gasteiger partial charge in [-0.25, -0.2) is 4.79 Å². The normalized spacial score (nSPS) is 10.0. The Morgan fingerprint density at radius 3 is 2.47 bits per heavy atom. The first-order valence-electron chi connectivity index (χ1n) is 5.19. The fourth-order valence-corrected chi connectivity index (χ4v) is 1.57. The second-order valence-electron chi connectivity index (χ2n) is 3.71. The number of halogens is 1. The number of aryl methyl sites for hydroxylation is 1. The molecule has 86 valence electrons. The highest BCUT2D eigenvalue weighted by molar-refractivity contribution is 6.30. The van der Waals surface area contributed by atoms with E-state index in [4.69, 9.17) is 16.3 Å². The van der Waals surface area contributed by atoms with E-state index >= 15 is 0 Å². The summed E-state index contributed by atoms with van der Waals surface area (Å²) in [4.78, 5) is 11.8. The predicted molar refractivity (Wildman–Crippen MR) is 67.6 cm³/mol. The Kier molecular flexibility index (Phi) is 3.45. The third-order valence-corrected chi connectivity index (χ3v) is 2.53. The molecule has 0 aliphatic rings. The fourth-order valence-electron chi connectivity index (χ4n) is 1.44. The van der Waals surface area contributed by atoms with Crippen molar-refractivity contribution in [2.45, 2.75) is 6.92 Å². The van der Waals surface area contributed by atoms with Crippen molar-refractivity contribution in [2.24, 2.45) is 0 Å². The molecule has 0 aliphatic carbocycles. The molecular formula is C14H11ClO2. The first kappa shape index (κ1) is 11.7. The van der Waals surface area contributed by atoms with Crippen molar-refractivity contribution in [3.63, 3.8) is 0 Å². The summed E-state index contributed by atoms with van der Waals surface area (Å²) in [6.45, 7) is 1.93. The molecule has 0 fully saturated rings. The monoisotopic (exact) mass is 246 g/mol. The number of carbonyl (C=O) groups excluding carboxylic acids is 1. The number of benzene rings is 2. The van der Waals surface area contributed by atoms with Crippen LogP contribution in [0.1, 0.15) is 15.9 Å². The minimum absolute atomic E-state index is 0.365. The molecule has 17 heavy (non-hydrogen) atoms. The van der Waals surface area contributed by atoms with Crippen LogP contribution in [0.15, 0.2) is 48.5 Å². The third-order valence-electron chi connectivity index (χ3n) is 2.28. The maximum absolute atomic E-state index is 11.8. The summed E-state index contributed by atoms with van der Waals surface area (Å²) in [5.74, 6) is 0.122. The van der Waals surface area contributed by atoms with E-state index in [1.807, 2.05) is 19.1 Å². The number of esters is 1. The minimum atomic E-state index is -0.365. The molecule has 0 atom stereocenters. The van der Waals surface area contributed by atoms with Crippen LogP contribution in [0.5, 0.6) is 5.75 Å². The van der Waals surface area contributed by atoms with Crippen molar-refractivity contribution >= 4 is 17.6 Å². The van der Waals surface area contributed by atoms with Crippen LogP contribution in [0.2, 0.25) is 5.02 Å². The Hall–Kier alpha value is -1.80. The van der Waals surface area contributed by atoms with Crippen molar-refractivity contribution in [3.8, 4) is 5.75 Å². The summed E-state index contributed by atoms with van der Waals surface area (Å²) in [5, 5.41) is 0.611. The smallest absolute Gasteiger partial charge is 0.343 e. The third kappa shape index (κ3) is 3.08. The van der Waals surface area contributed by atoms with Gasteiger partial charge in [0.05, 0.1) is 5.56 Å². The zero-order valence-electron chi connectivity index (χ0n) is 9.31. The molecule has 0 N–H and O–H groups in total. The van der Waals surface area contributed by atoms with E-state index in [-0.39, 0.29) is 5.97 Å². The van der Waals surface area contributed by atoms with Gasteiger partial charge < -0.3 is 4.74 Å². The SMILES string of the molecule is Cc1cccc(C(=O)Oc2ccc(Cl)cc2)c1. The second-order valence-corrected chi connectivity index (χ2v) is 4.15. The first-order chi connectivity index (χ1) is 8.15. The topological polar surface area (TPSA) is 26.3 Å². The molecule has 0 unspecified atom stereocenters. The lowest BCUT2D eigenvalue weighted by molar-refractivity contribution is 0.0734. The van der Waals surface area contributed by atoms with Gasteiger partial charge in [0.2, 0.25) is 0 Å². The van der Waals surface area contributed by atoms with E-state index in [1.165, 1.54) is 0 Å². The van der Waals surface area contributed by atoms with Gasteiger partial charge in [0, 0.05) is 5.02 Å². The maximum Gasteiger partial charge on any atom is 0.343 e. The zero-order valence-corrected chi connectivity index (χ0v) is 10.1. The van der Waals surface area contributed by atoms with Gasteiger partial charge in [-0.3, -0.25) is 0 Å². The predicted octanol–water partition coefficient (Wildman–Crippen LogP) is 3.87. The summed E-state index contributed by atoms with van der Waals surface area (Å²) >= 11 is 5.75. The fraction of sp³-hybridized carbons (Fsp3) is 0.0714. The van der Waals surface area contributed by atoms with Gasteiger partial charge in [-0.05, 0) is 43.3 Å². The van der Waals surface area contributed by atoms with Gasteiger partial charge >= 0.3 is 5.97 Å². The Morgan fingerprint density at radius 2 is 1.82 bits per heavy atom. The average Bonchev–Trinajstić information content (AvgIpc) is 2.32. The summed E-state index contributed by atoms with van der Waals surface area (Å²) in [6.07, 6.45) is 0. The van der Waals surface area contributed by atoms with Crippen molar-refractivity contribution in [3.05, 3.63) is 64.7 Å². The largest absolute Gasteiger partial charge is 0.423 e. The van der Waals surface area contributed by atoms with Crippen molar-refractivity contribution < 1.29 is 9.53 Å². The molecule has 0 aromatic heterocycles. The number of hydrogen-bond donors (Lipinski definition) is 0. The Bertz CT molecular complexity index is 532. The van der Waals surface area contributed by atoms with Crippen LogP contribution in [0.3, 0.4) is 0 Å². The highest BCUT2D eigenvalue weighted by Crippen LogP contribution is 2.17. The quantitative estimate of drug-likeness (QED) is 0.594. The lowest BCUT2D eigenvalue weighted by Crippen LogP contribution is -2.08. The number of rotatable bonds is 2. The molecule has 0 saturated carbocycles. The van der Waals surface area contributed by atoms with Gasteiger partial charge in [0.15, 0.2) is 0 Å². The van der Waals surface area contributed by atoms with Crippen molar-refractivity contribution in [1.29, 1.82) is 0 Å². The average molecular weight is 247 g/mol. The molecule has 2 rings (SSSR count). The van der Waals surface area contributed by atoms with E-state index < -0.39 is 0 Å². The maximum atomic E-state index is 11.8. The molecule has 0 radical (unpaired) electrons. The zero-order chi connectivity index (χ0) is 12.3. The molecular weight excluding hydrogens is 236 g/mol. The van der Waals surface area contributed by atoms with Crippen LogP contribution >= 0.6 is 11.6 Å². The van der Waals surface area contributed by atoms with E-state index in [9.17, 15) is 4.79 Å². The molecule has 0 spiro atoms. The summed E-state index contributed by atoms with van der Waals surface area (Å²) in [5.41, 5.74) is 1.57. The Balaban J connectivity index is 2.14. The van der Waals surface area contributed by atoms with Crippen molar-refractivity contribution in [2.75, 3.05) is 0 Å². The van der Waals surface area contributed by atoms with Crippen LogP contribution < -0.4 is 4.74 Å². The Labute approximate surface area is 105 Å². The van der Waals surface area contributed by atoms with Crippen molar-refractivity contribution in [1.82, 2.24) is 0 Å². The lowest BCUT2D eigenvalue weighted by Gasteiger charge is -2.04. The molecule has 0 heterocycles. The van der Waals surface area contributed by atoms with E-state index in [1.54, 1.807) is 36.4 Å². The summed E-state index contributed by atoms with van der Waals surface area (Å²) < 4.78 is 5.21. The molecule has 2 aromatic carbocycles. The van der Waals surface area contributed by atoms with Crippen LogP contribution in [-0.2, 0) is 0 Å². The molecule has 0 amide bonds. The van der Waals surface area contributed by atoms with E-state index in [0.29, 0.717) is 16.3 Å². The molecule has 2 nitrogen and oxygen atoms in total. The highest BCUT2D eigenvalue weighted by atomic mass is 35.5. The molecule has 2 aromatic rings. The van der Waals surface area contributed by atoms with Gasteiger partial charge in [-0.1, -0.05) is 29.3 Å². The minimum Gasteiger partial charge on any atom is -0.423 e. The number of hydrogen-bond acceptors (Lipinski definition) is 2. The van der Waals surface area contributed by atoms with Crippen LogP contribution in [0, 0.1) is 6.92 Å². The van der Waals surface area contributed by atoms with Crippen LogP contribution in [-0.4, -0.2) is 5.97 Å². The molecule has 3 heteroatoms. The summed E-state index contributed by atoms with van der Waals surface area (Å²) in [7, 11) is 0. The van der Waals surface area contributed by atoms with Crippen LogP contribution in [0.4, 0.5) is 0 Å². The van der Waals surface area contributed by atoms with Gasteiger partial charge in [0.1, 0.15) is 5.75 Å². The Morgan fingerprint density at radius 1 is 1.12 bits per heavy atom. The highest BCUT2D eigenvalue weighted by Gasteiger charge is 2.08. The second kappa shape index (κ2) is 5.02. The summed E-state index contributed by atoms with van der Waals surface area (Å²) in [6, 6.07) is 14.0. The van der Waals surface area contributed by atoms with Gasteiger partial charge in [-0.2, -0.15) is 0 Å². The van der Waals surface area contributed by atoms with Gasteiger partial charge in [-0.15, -0.1) is 0 Å². The standard InChI is InChI=1S/C14H11ClO2/c1-10-3-2-4-11(9-10)14(16)17-13-7-5-12(15)6-8-13/h2-9H,1H3. The van der Waals surface area contributed by atoms with Gasteiger partial charge in [0.25, 0.3) is 0 Å². The number of carbonyl (C=O) groups is 1. The molecule has 0 bridgehead atoms. The molecule has 0 saturated heterocycles. The van der Waals surface area contributed by atoms with Crippen LogP contribution in [0.25, 0.3) is 0 Å². The van der Waals surface area contributed by atoms with E-state index in [2.05, 4.69) is 0 Å². The van der Waals surface area contributed by atoms with E-state index in [0.717, 1.165) is 5.56 Å². The number of ether oxygens (including phenoxy) is 1.